The van der Waals surface area contributed by atoms with Gasteiger partial charge in [-0.3, -0.25) is 0 Å². The lowest BCUT2D eigenvalue weighted by molar-refractivity contribution is 0.520. The minimum atomic E-state index is 0.836. The van der Waals surface area contributed by atoms with Crippen molar-refractivity contribution in [2.75, 3.05) is 0 Å². The summed E-state index contributed by atoms with van der Waals surface area (Å²) in [6, 6.07) is 0. The molecule has 10 heavy (non-hydrogen) atoms. The number of hydrogen-bond acceptors (Lipinski definition) is 0. The first-order valence-corrected chi connectivity index (χ1v) is 4.15. The van der Waals surface area contributed by atoms with Crippen LogP contribution in [0.1, 0.15) is 40.0 Å². The molecule has 0 aromatic heterocycles. The second kappa shape index (κ2) is 5.52. The monoisotopic (exact) mass is 139 g/mol. The van der Waals surface area contributed by atoms with E-state index in [-0.39, 0.29) is 0 Å². The van der Waals surface area contributed by atoms with E-state index in [1.807, 2.05) is 6.08 Å². The Kier molecular flexibility index (Phi) is 5.38. The largest absolute Gasteiger partial charge is 0.0853 e. The van der Waals surface area contributed by atoms with Gasteiger partial charge in [0.25, 0.3) is 0 Å². The fourth-order valence-electron chi connectivity index (χ4n) is 1.23. The summed E-state index contributed by atoms with van der Waals surface area (Å²) in [5.74, 6) is 0.836. The molecule has 0 amide bonds. The Morgan fingerprint density at radius 3 is 2.60 bits per heavy atom. The summed E-state index contributed by atoms with van der Waals surface area (Å²) >= 11 is 0. The summed E-state index contributed by atoms with van der Waals surface area (Å²) in [5, 5.41) is 0. The highest BCUT2D eigenvalue weighted by Crippen LogP contribution is 2.15. The summed E-state index contributed by atoms with van der Waals surface area (Å²) in [7, 11) is 0. The summed E-state index contributed by atoms with van der Waals surface area (Å²) in [6.07, 6.45) is 5.82. The van der Waals surface area contributed by atoms with E-state index in [9.17, 15) is 0 Å². The van der Waals surface area contributed by atoms with Gasteiger partial charge in [0, 0.05) is 0 Å². The molecule has 0 saturated heterocycles. The molecule has 0 aliphatic carbocycles. The Hall–Kier alpha value is -0.260. The van der Waals surface area contributed by atoms with Crippen molar-refractivity contribution in [3.8, 4) is 0 Å². The molecule has 0 aromatic carbocycles. The fraction of sp³-hybridized carbons (Fsp3) is 0.700. The average molecular weight is 139 g/mol. The number of rotatable bonds is 4. The third-order valence-electron chi connectivity index (χ3n) is 1.80. The molecule has 0 spiro atoms. The third kappa shape index (κ3) is 4.60. The minimum absolute atomic E-state index is 0.836. The first-order chi connectivity index (χ1) is 4.70. The van der Waals surface area contributed by atoms with Crippen LogP contribution in [0.5, 0.6) is 0 Å². The Morgan fingerprint density at radius 2 is 2.20 bits per heavy atom. The molecule has 0 bridgehead atoms. The molecule has 1 atom stereocenters. The maximum atomic E-state index is 3.74. The zero-order valence-corrected chi connectivity index (χ0v) is 7.48. The number of allylic oxidation sites excluding steroid dienone is 2. The van der Waals surface area contributed by atoms with E-state index >= 15 is 0 Å². The van der Waals surface area contributed by atoms with E-state index in [0.29, 0.717) is 0 Å². The summed E-state index contributed by atoms with van der Waals surface area (Å²) in [4.78, 5) is 0. The van der Waals surface area contributed by atoms with Gasteiger partial charge in [-0.1, -0.05) is 38.3 Å². The van der Waals surface area contributed by atoms with Gasteiger partial charge < -0.3 is 0 Å². The van der Waals surface area contributed by atoms with Crippen molar-refractivity contribution in [2.45, 2.75) is 40.0 Å². The second-order valence-electron chi connectivity index (χ2n) is 3.15. The Balaban J connectivity index is 3.47. The maximum Gasteiger partial charge on any atom is -0.0297 e. The van der Waals surface area contributed by atoms with Crippen LogP contribution in [0.25, 0.3) is 0 Å². The van der Waals surface area contributed by atoms with Crippen molar-refractivity contribution < 1.29 is 0 Å². The van der Waals surface area contributed by atoms with Gasteiger partial charge in [-0.15, -0.1) is 0 Å². The van der Waals surface area contributed by atoms with Gasteiger partial charge in [-0.25, -0.2) is 0 Å². The van der Waals surface area contributed by atoms with Crippen molar-refractivity contribution in [1.82, 2.24) is 0 Å². The van der Waals surface area contributed by atoms with Crippen LogP contribution in [0, 0.1) is 12.8 Å². The summed E-state index contributed by atoms with van der Waals surface area (Å²) < 4.78 is 0. The topological polar surface area (TPSA) is 0 Å². The molecule has 0 N–H and O–H groups in total. The molecule has 1 unspecified atom stereocenters. The van der Waals surface area contributed by atoms with E-state index in [1.165, 1.54) is 24.8 Å². The zero-order chi connectivity index (χ0) is 7.98. The summed E-state index contributed by atoms with van der Waals surface area (Å²) in [5.41, 5.74) is 1.42. The van der Waals surface area contributed by atoms with Crippen LogP contribution in [-0.4, -0.2) is 0 Å². The SMILES string of the molecule is [CH2]C=C(C)CC(C)CCC. The van der Waals surface area contributed by atoms with Gasteiger partial charge in [0.2, 0.25) is 0 Å². The Morgan fingerprint density at radius 1 is 1.60 bits per heavy atom. The van der Waals surface area contributed by atoms with Crippen molar-refractivity contribution >= 4 is 0 Å². The minimum Gasteiger partial charge on any atom is -0.0853 e. The Labute approximate surface area is 65.3 Å². The van der Waals surface area contributed by atoms with Crippen LogP contribution >= 0.6 is 0 Å². The predicted molar refractivity (Wildman–Crippen MR) is 47.8 cm³/mol. The highest BCUT2D eigenvalue weighted by Gasteiger charge is 1.99. The van der Waals surface area contributed by atoms with Crippen molar-refractivity contribution in [3.05, 3.63) is 18.6 Å². The normalized spacial score (nSPS) is 15.4. The van der Waals surface area contributed by atoms with E-state index in [2.05, 4.69) is 27.7 Å². The molecule has 59 valence electrons. The molecule has 0 heterocycles. The summed E-state index contributed by atoms with van der Waals surface area (Å²) in [6.45, 7) is 10.4. The fourth-order valence-corrected chi connectivity index (χ4v) is 1.23. The van der Waals surface area contributed by atoms with Crippen LogP contribution in [0.3, 0.4) is 0 Å². The maximum absolute atomic E-state index is 3.74. The quantitative estimate of drug-likeness (QED) is 0.558. The molecule has 0 heteroatoms. The highest BCUT2D eigenvalue weighted by atomic mass is 14.1. The molecular weight excluding hydrogens is 120 g/mol. The standard InChI is InChI=1S/C10H19/c1-5-7-10(4)8-9(3)6-2/h6,10H,2,5,7-8H2,1,3-4H3. The lowest BCUT2D eigenvalue weighted by atomic mass is 9.98. The van der Waals surface area contributed by atoms with Crippen LogP contribution in [0.15, 0.2) is 11.6 Å². The van der Waals surface area contributed by atoms with Crippen molar-refractivity contribution in [2.24, 2.45) is 5.92 Å². The Bertz CT molecular complexity index is 101. The first-order valence-electron chi connectivity index (χ1n) is 4.15. The average Bonchev–Trinajstić information content (AvgIpc) is 1.88. The van der Waals surface area contributed by atoms with Crippen molar-refractivity contribution in [1.29, 1.82) is 0 Å². The molecule has 0 fully saturated rings. The van der Waals surface area contributed by atoms with Crippen LogP contribution < -0.4 is 0 Å². The highest BCUT2D eigenvalue weighted by molar-refractivity contribution is 5.00. The molecule has 0 aromatic rings. The molecule has 0 aliphatic heterocycles. The van der Waals surface area contributed by atoms with Crippen molar-refractivity contribution in [3.63, 3.8) is 0 Å². The van der Waals surface area contributed by atoms with E-state index in [4.69, 9.17) is 0 Å². The van der Waals surface area contributed by atoms with E-state index in [0.717, 1.165) is 5.92 Å². The van der Waals surface area contributed by atoms with Gasteiger partial charge in [-0.2, -0.15) is 0 Å². The number of hydrogen-bond donors (Lipinski definition) is 0. The molecule has 0 saturated carbocycles. The van der Waals surface area contributed by atoms with Gasteiger partial charge in [0.1, 0.15) is 0 Å². The van der Waals surface area contributed by atoms with Gasteiger partial charge in [-0.05, 0) is 26.2 Å². The second-order valence-corrected chi connectivity index (χ2v) is 3.15. The first kappa shape index (κ1) is 9.74. The van der Waals surface area contributed by atoms with Crippen LogP contribution in [-0.2, 0) is 0 Å². The predicted octanol–water partition coefficient (Wildman–Crippen LogP) is 3.59. The lowest BCUT2D eigenvalue weighted by Gasteiger charge is -2.08. The van der Waals surface area contributed by atoms with Crippen LogP contribution in [0.4, 0.5) is 0 Å². The van der Waals surface area contributed by atoms with E-state index in [1.54, 1.807) is 0 Å². The van der Waals surface area contributed by atoms with E-state index < -0.39 is 0 Å². The van der Waals surface area contributed by atoms with Gasteiger partial charge in [0.05, 0.1) is 0 Å². The molecular formula is C10H19. The third-order valence-corrected chi connectivity index (χ3v) is 1.80. The van der Waals surface area contributed by atoms with Crippen LogP contribution in [0.2, 0.25) is 0 Å². The molecule has 0 nitrogen and oxygen atoms in total. The molecule has 0 aliphatic rings. The smallest absolute Gasteiger partial charge is 0.0297 e. The van der Waals surface area contributed by atoms with Gasteiger partial charge in [0.15, 0.2) is 0 Å². The molecule has 1 radical (unpaired) electrons. The lowest BCUT2D eigenvalue weighted by Crippen LogP contribution is -1.93. The van der Waals surface area contributed by atoms with Gasteiger partial charge >= 0.3 is 0 Å². The zero-order valence-electron chi connectivity index (χ0n) is 7.48. The molecule has 0 rings (SSSR count).